The van der Waals surface area contributed by atoms with Gasteiger partial charge in [-0.2, -0.15) is 0 Å². The maximum Gasteiger partial charge on any atom is 0.337 e. The van der Waals surface area contributed by atoms with Gasteiger partial charge in [0.25, 0.3) is 0 Å². The molecule has 6 heteroatoms. The Balaban J connectivity index is 1.98. The summed E-state index contributed by atoms with van der Waals surface area (Å²) in [4.78, 5) is 18.7. The number of pyridine rings is 2. The summed E-state index contributed by atoms with van der Waals surface area (Å²) in [7, 11) is 0. The van der Waals surface area contributed by atoms with Crippen LogP contribution in [0.2, 0.25) is 0 Å². The van der Waals surface area contributed by atoms with Crippen molar-refractivity contribution in [1.29, 1.82) is 0 Å². The molecule has 1 unspecified atom stereocenters. The third kappa shape index (κ3) is 3.36. The molecule has 0 aliphatic rings. The summed E-state index contributed by atoms with van der Waals surface area (Å²) in [5.74, 6) is -1.37. The van der Waals surface area contributed by atoms with Gasteiger partial charge < -0.3 is 10.4 Å². The summed E-state index contributed by atoms with van der Waals surface area (Å²) in [6, 6.07) is 5.74. The second-order valence-electron chi connectivity index (χ2n) is 4.32. The number of hydrogen-bond donors (Lipinski definition) is 2. The molecule has 5 nitrogen and oxygen atoms in total. The highest BCUT2D eigenvalue weighted by atomic mass is 19.1. The predicted molar refractivity (Wildman–Crippen MR) is 70.6 cm³/mol. The summed E-state index contributed by atoms with van der Waals surface area (Å²) in [5, 5.41) is 11.9. The maximum atomic E-state index is 13.5. The zero-order chi connectivity index (χ0) is 14.5. The van der Waals surface area contributed by atoms with Crippen LogP contribution < -0.4 is 5.32 Å². The zero-order valence-corrected chi connectivity index (χ0v) is 10.9. The Morgan fingerprint density at radius 1 is 1.40 bits per heavy atom. The van der Waals surface area contributed by atoms with Crippen molar-refractivity contribution in [2.45, 2.75) is 19.5 Å². The molecule has 1 atom stereocenters. The van der Waals surface area contributed by atoms with Gasteiger partial charge in [-0.05, 0) is 31.2 Å². The number of nitrogens with one attached hydrogen (secondary N) is 1. The lowest BCUT2D eigenvalue weighted by Gasteiger charge is -2.13. The van der Waals surface area contributed by atoms with E-state index in [9.17, 15) is 9.18 Å². The molecule has 0 aliphatic carbocycles. The largest absolute Gasteiger partial charge is 0.478 e. The topological polar surface area (TPSA) is 75.1 Å². The monoisotopic (exact) mass is 275 g/mol. The van der Waals surface area contributed by atoms with Gasteiger partial charge >= 0.3 is 5.97 Å². The van der Waals surface area contributed by atoms with Crippen molar-refractivity contribution in [2.75, 3.05) is 0 Å². The molecule has 0 bridgehead atoms. The molecule has 2 N–H and O–H groups in total. The zero-order valence-electron chi connectivity index (χ0n) is 10.9. The lowest BCUT2D eigenvalue weighted by Crippen LogP contribution is -2.20. The molecular formula is C14H14FN3O2. The standard InChI is InChI=1S/C14H14FN3O2/c1-9(13-12(15)3-2-6-16-13)17-8-11-5-4-10(7-18-11)14(19)20/h2-7,9,17H,8H2,1H3,(H,19,20). The molecule has 0 amide bonds. The summed E-state index contributed by atoms with van der Waals surface area (Å²) in [6.45, 7) is 2.20. The van der Waals surface area contributed by atoms with Gasteiger partial charge in [0.05, 0.1) is 17.0 Å². The van der Waals surface area contributed by atoms with Gasteiger partial charge in [-0.3, -0.25) is 9.97 Å². The molecule has 104 valence electrons. The van der Waals surface area contributed by atoms with Crippen LogP contribution >= 0.6 is 0 Å². The van der Waals surface area contributed by atoms with Gasteiger partial charge in [0.1, 0.15) is 5.82 Å². The minimum Gasteiger partial charge on any atom is -0.478 e. The summed E-state index contributed by atoms with van der Waals surface area (Å²) in [5.41, 5.74) is 1.16. The Kier molecular flexibility index (Phi) is 4.37. The second kappa shape index (κ2) is 6.21. The SMILES string of the molecule is CC(NCc1ccc(C(=O)O)cn1)c1ncccc1F. The molecule has 2 rings (SSSR count). The van der Waals surface area contributed by atoms with Crippen molar-refractivity contribution in [3.8, 4) is 0 Å². The van der Waals surface area contributed by atoms with Crippen LogP contribution in [0.3, 0.4) is 0 Å². The summed E-state index contributed by atoms with van der Waals surface area (Å²) in [6.07, 6.45) is 2.84. The molecule has 0 aromatic carbocycles. The van der Waals surface area contributed by atoms with E-state index in [1.807, 2.05) is 0 Å². The van der Waals surface area contributed by atoms with Crippen LogP contribution in [0.15, 0.2) is 36.7 Å². The van der Waals surface area contributed by atoms with Crippen LogP contribution in [0.5, 0.6) is 0 Å². The van der Waals surface area contributed by atoms with E-state index in [4.69, 9.17) is 5.11 Å². The first kappa shape index (κ1) is 14.1. The fourth-order valence-electron chi connectivity index (χ4n) is 1.73. The lowest BCUT2D eigenvalue weighted by atomic mass is 10.2. The number of aromatic carboxylic acids is 1. The molecule has 0 spiro atoms. The van der Waals surface area contributed by atoms with Crippen LogP contribution in [-0.4, -0.2) is 21.0 Å². The Hall–Kier alpha value is -2.34. The summed E-state index contributed by atoms with van der Waals surface area (Å²) < 4.78 is 13.5. The van der Waals surface area contributed by atoms with Gasteiger partial charge in [0.2, 0.25) is 0 Å². The average molecular weight is 275 g/mol. The van der Waals surface area contributed by atoms with Crippen molar-refractivity contribution in [1.82, 2.24) is 15.3 Å². The van der Waals surface area contributed by atoms with Crippen LogP contribution in [0.4, 0.5) is 4.39 Å². The van der Waals surface area contributed by atoms with Crippen LogP contribution in [0, 0.1) is 5.82 Å². The van der Waals surface area contributed by atoms with Crippen LogP contribution in [-0.2, 0) is 6.54 Å². The third-order valence-corrected chi connectivity index (χ3v) is 2.86. The molecule has 20 heavy (non-hydrogen) atoms. The molecule has 0 radical (unpaired) electrons. The highest BCUT2D eigenvalue weighted by Gasteiger charge is 2.11. The Bertz CT molecular complexity index is 602. The van der Waals surface area contributed by atoms with Gasteiger partial charge in [0, 0.05) is 25.0 Å². The molecule has 0 saturated heterocycles. The van der Waals surface area contributed by atoms with Gasteiger partial charge in [-0.25, -0.2) is 9.18 Å². The van der Waals surface area contributed by atoms with E-state index in [2.05, 4.69) is 15.3 Å². The maximum absolute atomic E-state index is 13.5. The number of carbonyl (C=O) groups is 1. The average Bonchev–Trinajstić information content (AvgIpc) is 2.45. The fraction of sp³-hybridized carbons (Fsp3) is 0.214. The van der Waals surface area contributed by atoms with Crippen molar-refractivity contribution < 1.29 is 14.3 Å². The lowest BCUT2D eigenvalue weighted by molar-refractivity contribution is 0.0696. The molecule has 0 aliphatic heterocycles. The van der Waals surface area contributed by atoms with Gasteiger partial charge in [0.15, 0.2) is 0 Å². The highest BCUT2D eigenvalue weighted by molar-refractivity contribution is 5.87. The van der Waals surface area contributed by atoms with E-state index in [1.165, 1.54) is 30.6 Å². The fourth-order valence-corrected chi connectivity index (χ4v) is 1.73. The smallest absolute Gasteiger partial charge is 0.337 e. The van der Waals surface area contributed by atoms with E-state index in [-0.39, 0.29) is 17.4 Å². The first-order valence-electron chi connectivity index (χ1n) is 6.10. The number of nitrogens with zero attached hydrogens (tertiary/aromatic N) is 2. The first-order valence-corrected chi connectivity index (χ1v) is 6.10. The number of hydrogen-bond acceptors (Lipinski definition) is 4. The van der Waals surface area contributed by atoms with Crippen molar-refractivity contribution in [3.05, 3.63) is 59.4 Å². The molecule has 2 aromatic heterocycles. The van der Waals surface area contributed by atoms with Crippen molar-refractivity contribution in [2.24, 2.45) is 0 Å². The van der Waals surface area contributed by atoms with Gasteiger partial charge in [-0.1, -0.05) is 0 Å². The molecule has 2 heterocycles. The van der Waals surface area contributed by atoms with E-state index >= 15 is 0 Å². The van der Waals surface area contributed by atoms with Gasteiger partial charge in [-0.15, -0.1) is 0 Å². The molecule has 0 fully saturated rings. The van der Waals surface area contributed by atoms with E-state index in [1.54, 1.807) is 13.0 Å². The number of carboxylic acids is 1. The Morgan fingerprint density at radius 3 is 2.80 bits per heavy atom. The number of rotatable bonds is 5. The Morgan fingerprint density at radius 2 is 2.20 bits per heavy atom. The third-order valence-electron chi connectivity index (χ3n) is 2.86. The number of aromatic nitrogens is 2. The van der Waals surface area contributed by atoms with Crippen molar-refractivity contribution >= 4 is 5.97 Å². The normalized spacial score (nSPS) is 12.1. The minimum absolute atomic E-state index is 0.137. The summed E-state index contributed by atoms with van der Waals surface area (Å²) >= 11 is 0. The van der Waals surface area contributed by atoms with Crippen molar-refractivity contribution in [3.63, 3.8) is 0 Å². The van der Waals surface area contributed by atoms with Crippen LogP contribution in [0.25, 0.3) is 0 Å². The highest BCUT2D eigenvalue weighted by Crippen LogP contribution is 2.13. The predicted octanol–water partition coefficient (Wildman–Crippen LogP) is 2.16. The number of carboxylic acid groups (broad SMARTS) is 1. The van der Waals surface area contributed by atoms with E-state index < -0.39 is 5.97 Å². The van der Waals surface area contributed by atoms with E-state index in [0.29, 0.717) is 17.9 Å². The molecule has 2 aromatic rings. The molecule has 0 saturated carbocycles. The number of halogens is 1. The van der Waals surface area contributed by atoms with E-state index in [0.717, 1.165) is 0 Å². The minimum atomic E-state index is -1.01. The quantitative estimate of drug-likeness (QED) is 0.874. The Labute approximate surface area is 115 Å². The second-order valence-corrected chi connectivity index (χ2v) is 4.32. The molecular weight excluding hydrogens is 261 g/mol. The van der Waals surface area contributed by atoms with Crippen LogP contribution in [0.1, 0.15) is 34.7 Å². The first-order chi connectivity index (χ1) is 9.58.